The summed E-state index contributed by atoms with van der Waals surface area (Å²) in [7, 11) is 0. The van der Waals surface area contributed by atoms with E-state index in [4.69, 9.17) is 5.26 Å². The van der Waals surface area contributed by atoms with Crippen molar-refractivity contribution in [3.63, 3.8) is 0 Å². The van der Waals surface area contributed by atoms with Gasteiger partial charge in [-0.1, -0.05) is 42.5 Å². The lowest BCUT2D eigenvalue weighted by Crippen LogP contribution is -2.31. The first kappa shape index (κ1) is 17.7. The summed E-state index contributed by atoms with van der Waals surface area (Å²) < 4.78 is 0. The molecule has 0 amide bonds. The molecule has 1 heterocycles. The van der Waals surface area contributed by atoms with Crippen molar-refractivity contribution in [3.05, 3.63) is 71.3 Å². The second-order valence-corrected chi connectivity index (χ2v) is 6.87. The lowest BCUT2D eigenvalue weighted by atomic mass is 10.1. The summed E-state index contributed by atoms with van der Waals surface area (Å²) >= 11 is 0. The van der Waals surface area contributed by atoms with Crippen molar-refractivity contribution in [2.45, 2.75) is 25.8 Å². The summed E-state index contributed by atoms with van der Waals surface area (Å²) in [6.45, 7) is 6.84. The van der Waals surface area contributed by atoms with Crippen LogP contribution in [0.1, 0.15) is 29.5 Å². The van der Waals surface area contributed by atoms with Gasteiger partial charge < -0.3 is 4.90 Å². The van der Waals surface area contributed by atoms with Crippen LogP contribution < -0.4 is 0 Å². The van der Waals surface area contributed by atoms with Crippen LogP contribution in [-0.2, 0) is 13.0 Å². The van der Waals surface area contributed by atoms with Gasteiger partial charge in [0.15, 0.2) is 0 Å². The van der Waals surface area contributed by atoms with Crippen LogP contribution in [0.15, 0.2) is 54.6 Å². The fourth-order valence-electron chi connectivity index (χ4n) is 3.50. The van der Waals surface area contributed by atoms with E-state index in [1.807, 2.05) is 12.1 Å². The zero-order valence-electron chi connectivity index (χ0n) is 14.9. The van der Waals surface area contributed by atoms with Gasteiger partial charge in [-0.3, -0.25) is 4.90 Å². The Balaban J connectivity index is 1.41. The highest BCUT2D eigenvalue weighted by atomic mass is 15.2. The van der Waals surface area contributed by atoms with E-state index >= 15 is 0 Å². The van der Waals surface area contributed by atoms with Crippen LogP contribution in [0.5, 0.6) is 0 Å². The van der Waals surface area contributed by atoms with Crippen LogP contribution in [0.3, 0.4) is 0 Å². The van der Waals surface area contributed by atoms with E-state index in [0.717, 1.165) is 31.7 Å². The van der Waals surface area contributed by atoms with E-state index in [1.54, 1.807) is 0 Å². The van der Waals surface area contributed by atoms with Crippen LogP contribution in [0.2, 0.25) is 0 Å². The predicted octanol–water partition coefficient (Wildman–Crippen LogP) is 3.70. The summed E-state index contributed by atoms with van der Waals surface area (Å²) in [4.78, 5) is 5.15. The third-order valence-corrected chi connectivity index (χ3v) is 4.95. The molecule has 0 bridgehead atoms. The molecule has 2 aromatic carbocycles. The van der Waals surface area contributed by atoms with Gasteiger partial charge in [0.1, 0.15) is 0 Å². The van der Waals surface area contributed by atoms with Crippen LogP contribution in [-0.4, -0.2) is 42.5 Å². The summed E-state index contributed by atoms with van der Waals surface area (Å²) in [6, 6.07) is 21.0. The predicted molar refractivity (Wildman–Crippen MR) is 102 cm³/mol. The molecule has 0 aromatic heterocycles. The highest BCUT2D eigenvalue weighted by molar-refractivity contribution is 5.31. The third-order valence-electron chi connectivity index (χ3n) is 4.95. The van der Waals surface area contributed by atoms with Gasteiger partial charge in [0.25, 0.3) is 0 Å². The Kier molecular flexibility index (Phi) is 6.62. The average molecular weight is 333 g/mol. The first-order valence-electron chi connectivity index (χ1n) is 9.31. The standard InChI is InChI=1S/C22H27N3/c23-18-21-9-11-22(12-10-21)19-25-15-5-14-24(16-17-25)13-4-8-20-6-2-1-3-7-20/h1-3,6-7,9-12H,4-5,8,13-17,19H2. The molecule has 3 nitrogen and oxygen atoms in total. The summed E-state index contributed by atoms with van der Waals surface area (Å²) in [5.74, 6) is 0. The fourth-order valence-corrected chi connectivity index (χ4v) is 3.50. The van der Waals surface area contributed by atoms with Gasteiger partial charge >= 0.3 is 0 Å². The molecule has 0 aliphatic carbocycles. The van der Waals surface area contributed by atoms with E-state index in [9.17, 15) is 0 Å². The molecule has 1 fully saturated rings. The molecule has 130 valence electrons. The molecule has 1 aliphatic rings. The molecule has 25 heavy (non-hydrogen) atoms. The first-order valence-corrected chi connectivity index (χ1v) is 9.31. The molecule has 0 atom stereocenters. The number of nitrogens with zero attached hydrogens (tertiary/aromatic N) is 3. The van der Waals surface area contributed by atoms with Crippen molar-refractivity contribution in [2.24, 2.45) is 0 Å². The van der Waals surface area contributed by atoms with Crippen LogP contribution >= 0.6 is 0 Å². The zero-order valence-corrected chi connectivity index (χ0v) is 14.9. The van der Waals surface area contributed by atoms with Gasteiger partial charge in [0.05, 0.1) is 11.6 Å². The fraction of sp³-hybridized carbons (Fsp3) is 0.409. The quantitative estimate of drug-likeness (QED) is 0.807. The SMILES string of the molecule is N#Cc1ccc(CN2CCCN(CCCc3ccccc3)CC2)cc1. The topological polar surface area (TPSA) is 30.3 Å². The number of nitriles is 1. The minimum absolute atomic E-state index is 0.740. The molecule has 2 aromatic rings. The van der Waals surface area contributed by atoms with Crippen molar-refractivity contribution in [1.29, 1.82) is 5.26 Å². The zero-order chi connectivity index (χ0) is 17.3. The Morgan fingerprint density at radius 1 is 0.800 bits per heavy atom. The number of aryl methyl sites for hydroxylation is 1. The summed E-state index contributed by atoms with van der Waals surface area (Å²) in [5, 5.41) is 8.89. The van der Waals surface area contributed by atoms with Crippen molar-refractivity contribution >= 4 is 0 Å². The Bertz CT molecular complexity index is 673. The molecule has 0 unspecified atom stereocenters. The largest absolute Gasteiger partial charge is 0.302 e. The minimum atomic E-state index is 0.740. The van der Waals surface area contributed by atoms with Gasteiger partial charge in [0.2, 0.25) is 0 Å². The van der Waals surface area contributed by atoms with E-state index in [2.05, 4.69) is 58.3 Å². The van der Waals surface area contributed by atoms with E-state index in [1.165, 1.54) is 43.5 Å². The van der Waals surface area contributed by atoms with Crippen molar-refractivity contribution in [2.75, 3.05) is 32.7 Å². The Labute approximate surface area is 151 Å². The molecule has 0 spiro atoms. The Morgan fingerprint density at radius 3 is 2.28 bits per heavy atom. The van der Waals surface area contributed by atoms with Gasteiger partial charge in [-0.15, -0.1) is 0 Å². The second-order valence-electron chi connectivity index (χ2n) is 6.87. The molecule has 3 rings (SSSR count). The number of hydrogen-bond acceptors (Lipinski definition) is 3. The molecule has 1 aliphatic heterocycles. The Morgan fingerprint density at radius 2 is 1.52 bits per heavy atom. The molecule has 0 saturated carbocycles. The van der Waals surface area contributed by atoms with Crippen molar-refractivity contribution < 1.29 is 0 Å². The van der Waals surface area contributed by atoms with Gasteiger partial charge in [-0.25, -0.2) is 0 Å². The van der Waals surface area contributed by atoms with E-state index < -0.39 is 0 Å². The second kappa shape index (κ2) is 9.36. The van der Waals surface area contributed by atoms with Crippen molar-refractivity contribution in [1.82, 2.24) is 9.80 Å². The molecule has 1 saturated heterocycles. The molecular weight excluding hydrogens is 306 g/mol. The Hall–Kier alpha value is -2.15. The van der Waals surface area contributed by atoms with Gasteiger partial charge in [-0.05, 0) is 62.2 Å². The number of benzene rings is 2. The van der Waals surface area contributed by atoms with Gasteiger partial charge in [0, 0.05) is 19.6 Å². The number of rotatable bonds is 6. The van der Waals surface area contributed by atoms with Crippen molar-refractivity contribution in [3.8, 4) is 6.07 Å². The monoisotopic (exact) mass is 333 g/mol. The maximum Gasteiger partial charge on any atom is 0.0991 e. The van der Waals surface area contributed by atoms with Gasteiger partial charge in [-0.2, -0.15) is 5.26 Å². The highest BCUT2D eigenvalue weighted by Gasteiger charge is 2.14. The van der Waals surface area contributed by atoms with Crippen LogP contribution in [0.25, 0.3) is 0 Å². The molecule has 0 radical (unpaired) electrons. The summed E-state index contributed by atoms with van der Waals surface area (Å²) in [5.41, 5.74) is 3.49. The third kappa shape index (κ3) is 5.70. The maximum absolute atomic E-state index is 8.89. The minimum Gasteiger partial charge on any atom is -0.302 e. The lowest BCUT2D eigenvalue weighted by molar-refractivity contribution is 0.250. The molecular formula is C22H27N3. The number of hydrogen-bond donors (Lipinski definition) is 0. The first-order chi connectivity index (χ1) is 12.3. The lowest BCUT2D eigenvalue weighted by Gasteiger charge is -2.22. The normalized spacial score (nSPS) is 16.3. The smallest absolute Gasteiger partial charge is 0.0991 e. The van der Waals surface area contributed by atoms with E-state index in [0.29, 0.717) is 0 Å². The van der Waals surface area contributed by atoms with E-state index in [-0.39, 0.29) is 0 Å². The van der Waals surface area contributed by atoms with Crippen LogP contribution in [0.4, 0.5) is 0 Å². The molecule has 0 N–H and O–H groups in total. The average Bonchev–Trinajstić information content (AvgIpc) is 2.89. The van der Waals surface area contributed by atoms with Crippen LogP contribution in [0, 0.1) is 11.3 Å². The molecule has 3 heteroatoms. The highest BCUT2D eigenvalue weighted by Crippen LogP contribution is 2.11. The summed E-state index contributed by atoms with van der Waals surface area (Å²) in [6.07, 6.45) is 3.65. The maximum atomic E-state index is 8.89.